The van der Waals surface area contributed by atoms with Gasteiger partial charge < -0.3 is 0 Å². The lowest BCUT2D eigenvalue weighted by Gasteiger charge is -2.06. The molecule has 0 amide bonds. The van der Waals surface area contributed by atoms with E-state index in [1.54, 1.807) is 0 Å². The van der Waals surface area contributed by atoms with E-state index in [0.717, 1.165) is 5.57 Å². The summed E-state index contributed by atoms with van der Waals surface area (Å²) in [4.78, 5) is 10.6. The molecule has 3 aromatic rings. The molecular formula is C13H8O. The number of rotatable bonds is 0. The highest BCUT2D eigenvalue weighted by atomic mass is 16.1. The molecule has 1 heteroatoms. The predicted molar refractivity (Wildman–Crippen MR) is 57.1 cm³/mol. The topological polar surface area (TPSA) is 17.1 Å². The highest BCUT2D eigenvalue weighted by Gasteiger charge is 2.04. The van der Waals surface area contributed by atoms with Crippen molar-refractivity contribution in [2.45, 2.75) is 6.42 Å². The zero-order valence-corrected chi connectivity index (χ0v) is 7.58. The summed E-state index contributed by atoms with van der Waals surface area (Å²) in [5, 5.41) is 4.88. The first-order valence-corrected chi connectivity index (χ1v) is 4.65. The Labute approximate surface area is 81.0 Å². The first-order chi connectivity index (χ1) is 6.88. The van der Waals surface area contributed by atoms with Crippen LogP contribution in [0.15, 0.2) is 29.8 Å². The molecule has 66 valence electrons. The van der Waals surface area contributed by atoms with E-state index >= 15 is 0 Å². The van der Waals surface area contributed by atoms with Gasteiger partial charge in [0.25, 0.3) is 0 Å². The van der Waals surface area contributed by atoms with E-state index < -0.39 is 0 Å². The van der Waals surface area contributed by atoms with Crippen molar-refractivity contribution in [2.75, 3.05) is 0 Å². The van der Waals surface area contributed by atoms with Crippen molar-refractivity contribution in [1.29, 1.82) is 0 Å². The van der Waals surface area contributed by atoms with E-state index in [9.17, 15) is 4.79 Å². The highest BCUT2D eigenvalue weighted by Crippen LogP contribution is 2.08. The van der Waals surface area contributed by atoms with Crippen LogP contribution >= 0.6 is 0 Å². The molecule has 1 nitrogen and oxygen atoms in total. The van der Waals surface area contributed by atoms with Crippen LogP contribution in [0.4, 0.5) is 0 Å². The third-order valence-electron chi connectivity index (χ3n) is 2.77. The molecule has 0 saturated carbocycles. The average molecular weight is 180 g/mol. The van der Waals surface area contributed by atoms with Crippen LogP contribution in [-0.4, -0.2) is 5.94 Å². The van der Waals surface area contributed by atoms with Gasteiger partial charge in [-0.2, -0.15) is 0 Å². The molecule has 0 fully saturated rings. The molecule has 2 bridgehead atoms. The van der Waals surface area contributed by atoms with E-state index in [1.165, 1.54) is 21.2 Å². The third kappa shape index (κ3) is 0.876. The number of fused-ring (bicyclic) bond motifs is 2. The fraction of sp³-hybridized carbons (Fsp3) is 0.0769. The van der Waals surface area contributed by atoms with Gasteiger partial charge in [-0.3, -0.25) is 0 Å². The van der Waals surface area contributed by atoms with E-state index in [-0.39, 0.29) is 0 Å². The Morgan fingerprint density at radius 1 is 1.00 bits per heavy atom. The SMILES string of the molecule is O=C=C1C=c2c(c3ccc2cc3)=CC1. The smallest absolute Gasteiger partial charge is 0.128 e. The predicted octanol–water partition coefficient (Wildman–Crippen LogP) is 1.00. The van der Waals surface area contributed by atoms with Crippen LogP contribution in [0.2, 0.25) is 0 Å². The van der Waals surface area contributed by atoms with Crippen LogP contribution in [0.5, 0.6) is 0 Å². The monoisotopic (exact) mass is 180 g/mol. The minimum Gasteiger partial charge on any atom is -0.233 e. The Morgan fingerprint density at radius 2 is 1.64 bits per heavy atom. The highest BCUT2D eigenvalue weighted by molar-refractivity contribution is 5.81. The Morgan fingerprint density at radius 3 is 2.29 bits per heavy atom. The molecule has 0 heterocycles. The van der Waals surface area contributed by atoms with Crippen molar-refractivity contribution in [3.63, 3.8) is 0 Å². The fourth-order valence-corrected chi connectivity index (χ4v) is 2.05. The molecule has 0 radical (unpaired) electrons. The Kier molecular flexibility index (Phi) is 1.38. The van der Waals surface area contributed by atoms with E-state index in [1.807, 2.05) is 12.0 Å². The molecule has 0 unspecified atom stereocenters. The summed E-state index contributed by atoms with van der Waals surface area (Å²) < 4.78 is 0. The van der Waals surface area contributed by atoms with Gasteiger partial charge in [0, 0.05) is 12.0 Å². The summed E-state index contributed by atoms with van der Waals surface area (Å²) in [6.45, 7) is 0. The molecule has 0 saturated heterocycles. The van der Waals surface area contributed by atoms with E-state index in [4.69, 9.17) is 0 Å². The van der Waals surface area contributed by atoms with Gasteiger partial charge >= 0.3 is 0 Å². The van der Waals surface area contributed by atoms with Crippen molar-refractivity contribution in [1.82, 2.24) is 0 Å². The van der Waals surface area contributed by atoms with Gasteiger partial charge in [-0.25, -0.2) is 4.79 Å². The second-order valence-corrected chi connectivity index (χ2v) is 3.58. The quantitative estimate of drug-likeness (QED) is 0.553. The molecule has 4 rings (SSSR count). The van der Waals surface area contributed by atoms with Crippen molar-refractivity contribution < 1.29 is 4.79 Å². The van der Waals surface area contributed by atoms with Gasteiger partial charge in [-0.1, -0.05) is 30.3 Å². The minimum absolute atomic E-state index is 0.709. The maximum absolute atomic E-state index is 10.6. The van der Waals surface area contributed by atoms with Crippen LogP contribution < -0.4 is 10.4 Å². The summed E-state index contributed by atoms with van der Waals surface area (Å²) in [6, 6.07) is 8.42. The third-order valence-corrected chi connectivity index (χ3v) is 2.77. The van der Waals surface area contributed by atoms with Crippen LogP contribution in [0, 0.1) is 0 Å². The number of hydrogen-bond donors (Lipinski definition) is 0. The molecule has 1 aliphatic carbocycles. The second-order valence-electron chi connectivity index (χ2n) is 3.58. The van der Waals surface area contributed by atoms with Crippen molar-refractivity contribution in [2.24, 2.45) is 0 Å². The molecule has 0 aromatic heterocycles. The summed E-state index contributed by atoms with van der Waals surface area (Å²) >= 11 is 0. The number of benzene rings is 3. The zero-order chi connectivity index (χ0) is 9.54. The standard InChI is InChI=1S/C13H8O/c14-8-9-1-6-12-10-2-4-11(5-3-10)13(12)7-9/h2-7H,1H2. The summed E-state index contributed by atoms with van der Waals surface area (Å²) in [6.07, 6.45) is 4.77. The van der Waals surface area contributed by atoms with Gasteiger partial charge in [0.05, 0.1) is 0 Å². The second kappa shape index (κ2) is 2.57. The van der Waals surface area contributed by atoms with Crippen LogP contribution in [-0.2, 0) is 4.79 Å². The van der Waals surface area contributed by atoms with Gasteiger partial charge in [-0.15, -0.1) is 0 Å². The van der Waals surface area contributed by atoms with Crippen LogP contribution in [0.1, 0.15) is 6.42 Å². The van der Waals surface area contributed by atoms with Crippen molar-refractivity contribution >= 4 is 28.9 Å². The summed E-state index contributed by atoms with van der Waals surface area (Å²) in [7, 11) is 0. The zero-order valence-electron chi connectivity index (χ0n) is 7.58. The minimum atomic E-state index is 0.709. The normalized spacial score (nSPS) is 14.4. The maximum Gasteiger partial charge on any atom is 0.128 e. The molecule has 3 aromatic carbocycles. The van der Waals surface area contributed by atoms with Crippen LogP contribution in [0.25, 0.3) is 22.9 Å². The molecule has 0 N–H and O–H groups in total. The number of hydrogen-bond acceptors (Lipinski definition) is 1. The first-order valence-electron chi connectivity index (χ1n) is 4.65. The lowest BCUT2D eigenvalue weighted by atomic mass is 9.97. The lowest BCUT2D eigenvalue weighted by molar-refractivity contribution is 0.567. The van der Waals surface area contributed by atoms with Crippen molar-refractivity contribution in [3.05, 3.63) is 40.3 Å². The van der Waals surface area contributed by atoms with Crippen molar-refractivity contribution in [3.8, 4) is 0 Å². The Hall–Kier alpha value is -1.85. The maximum atomic E-state index is 10.6. The molecule has 0 aliphatic heterocycles. The average Bonchev–Trinajstić information content (AvgIpc) is 2.30. The Balaban J connectivity index is 2.60. The number of allylic oxidation sites excluding steroid dienone is 1. The van der Waals surface area contributed by atoms with Gasteiger partial charge in [0.1, 0.15) is 5.94 Å². The summed E-state index contributed by atoms with van der Waals surface area (Å²) in [5.74, 6) is 1.97. The molecule has 1 aliphatic rings. The van der Waals surface area contributed by atoms with E-state index in [2.05, 4.69) is 30.3 Å². The Bertz CT molecular complexity index is 637. The molecule has 0 spiro atoms. The number of carbonyl (C=O) groups excluding carboxylic acids is 1. The lowest BCUT2D eigenvalue weighted by Crippen LogP contribution is -2.29. The first kappa shape index (κ1) is 7.54. The summed E-state index contributed by atoms with van der Waals surface area (Å²) in [5.41, 5.74) is 0.742. The largest absolute Gasteiger partial charge is 0.233 e. The van der Waals surface area contributed by atoms with Crippen LogP contribution in [0.3, 0.4) is 0 Å². The fourth-order valence-electron chi connectivity index (χ4n) is 2.05. The molecule has 0 atom stereocenters. The van der Waals surface area contributed by atoms with Gasteiger partial charge in [-0.05, 0) is 27.3 Å². The molecular weight excluding hydrogens is 172 g/mol. The van der Waals surface area contributed by atoms with Gasteiger partial charge in [0.15, 0.2) is 0 Å². The van der Waals surface area contributed by atoms with Gasteiger partial charge in [0.2, 0.25) is 0 Å². The molecule has 14 heavy (non-hydrogen) atoms. The van der Waals surface area contributed by atoms with E-state index in [0.29, 0.717) is 6.42 Å².